The summed E-state index contributed by atoms with van der Waals surface area (Å²) in [5.41, 5.74) is 1.85. The Balaban J connectivity index is 1.27. The van der Waals surface area contributed by atoms with Gasteiger partial charge in [-0.2, -0.15) is 5.10 Å². The van der Waals surface area contributed by atoms with Crippen LogP contribution < -0.4 is 15.2 Å². The Labute approximate surface area is 240 Å². The molecule has 0 amide bonds. The van der Waals surface area contributed by atoms with Crippen molar-refractivity contribution in [1.29, 1.82) is 0 Å². The summed E-state index contributed by atoms with van der Waals surface area (Å²) in [5, 5.41) is 7.89. The Morgan fingerprint density at radius 3 is 2.67 bits per heavy atom. The highest BCUT2D eigenvalue weighted by atomic mass is 19.1. The van der Waals surface area contributed by atoms with Crippen LogP contribution in [0.15, 0.2) is 83.9 Å². The van der Waals surface area contributed by atoms with Crippen LogP contribution >= 0.6 is 0 Å². The molecule has 1 aliphatic rings. The van der Waals surface area contributed by atoms with Crippen molar-refractivity contribution in [2.24, 2.45) is 0 Å². The van der Waals surface area contributed by atoms with E-state index in [1.165, 1.54) is 53.2 Å². The van der Waals surface area contributed by atoms with Crippen LogP contribution in [-0.2, 0) is 4.74 Å². The van der Waals surface area contributed by atoms with E-state index in [0.29, 0.717) is 36.7 Å². The molecule has 0 radical (unpaired) electrons. The summed E-state index contributed by atoms with van der Waals surface area (Å²) in [6, 6.07) is 16.5. The predicted molar refractivity (Wildman–Crippen MR) is 155 cm³/mol. The van der Waals surface area contributed by atoms with Gasteiger partial charge in [0.1, 0.15) is 5.82 Å². The van der Waals surface area contributed by atoms with Crippen molar-refractivity contribution >= 4 is 22.4 Å². The molecule has 214 valence electrons. The number of halogens is 2. The standard InChI is InChI=1S/C32H28F2N4O4/c1-19-18-37(12-13-41-19)28-16-27-22(17-35-36-27)15-30(28)42-29-10-5-21(14-26(29)34)20(2)31(39)25-4-3-11-38(32(25)40)24-8-6-23(33)7-9-24/h3-11,14-17,19-20H,12-13,18H2,1-2H3,(H,35,36). The summed E-state index contributed by atoms with van der Waals surface area (Å²) in [4.78, 5) is 28.7. The molecule has 1 N–H and O–H groups in total. The molecule has 0 bridgehead atoms. The minimum absolute atomic E-state index is 0.00202. The molecule has 42 heavy (non-hydrogen) atoms. The monoisotopic (exact) mass is 570 g/mol. The van der Waals surface area contributed by atoms with E-state index < -0.39 is 28.9 Å². The molecule has 8 nitrogen and oxygen atoms in total. The smallest absolute Gasteiger partial charge is 0.265 e. The third kappa shape index (κ3) is 5.28. The summed E-state index contributed by atoms with van der Waals surface area (Å²) in [7, 11) is 0. The third-order valence-corrected chi connectivity index (χ3v) is 7.49. The van der Waals surface area contributed by atoms with Crippen molar-refractivity contribution < 1.29 is 23.0 Å². The lowest BCUT2D eigenvalue weighted by atomic mass is 9.92. The first-order valence-corrected chi connectivity index (χ1v) is 13.6. The number of hydrogen-bond acceptors (Lipinski definition) is 6. The Hall–Kier alpha value is -4.83. The van der Waals surface area contributed by atoms with E-state index in [-0.39, 0.29) is 17.4 Å². The first-order valence-electron chi connectivity index (χ1n) is 13.6. The van der Waals surface area contributed by atoms with E-state index in [9.17, 15) is 14.0 Å². The van der Waals surface area contributed by atoms with Crippen molar-refractivity contribution in [2.45, 2.75) is 25.9 Å². The Kier molecular flexibility index (Phi) is 7.30. The highest BCUT2D eigenvalue weighted by Gasteiger charge is 2.24. The minimum Gasteiger partial charge on any atom is -0.452 e. The van der Waals surface area contributed by atoms with Crippen LogP contribution in [0.25, 0.3) is 16.6 Å². The molecule has 0 aliphatic carbocycles. The number of pyridine rings is 1. The van der Waals surface area contributed by atoms with Crippen molar-refractivity contribution in [3.8, 4) is 17.2 Å². The second kappa shape index (κ2) is 11.2. The quantitative estimate of drug-likeness (QED) is 0.242. The number of Topliss-reactive ketones (excluding diaryl/α,β-unsaturated/α-hetero) is 1. The third-order valence-electron chi connectivity index (χ3n) is 7.49. The van der Waals surface area contributed by atoms with E-state index in [4.69, 9.17) is 9.47 Å². The molecular formula is C32H28F2N4O4. The van der Waals surface area contributed by atoms with E-state index in [1.54, 1.807) is 25.3 Å². The minimum atomic E-state index is -0.807. The van der Waals surface area contributed by atoms with Gasteiger partial charge in [-0.25, -0.2) is 8.78 Å². The number of nitrogens with zero attached hydrogens (tertiary/aromatic N) is 3. The van der Waals surface area contributed by atoms with Crippen LogP contribution in [0.4, 0.5) is 14.5 Å². The number of carbonyl (C=O) groups is 1. The summed E-state index contributed by atoms with van der Waals surface area (Å²) < 4.78 is 41.9. The number of hydrogen-bond donors (Lipinski definition) is 1. The molecule has 5 aromatic rings. The molecule has 3 aromatic carbocycles. The summed E-state index contributed by atoms with van der Waals surface area (Å²) in [5.74, 6) is -1.87. The molecule has 3 heterocycles. The molecule has 1 aliphatic heterocycles. The molecule has 2 aromatic heterocycles. The highest BCUT2D eigenvalue weighted by molar-refractivity contribution is 6.00. The zero-order valence-electron chi connectivity index (χ0n) is 23.0. The SMILES string of the molecule is CC1CN(c2cc3[nH]ncc3cc2Oc2ccc(C(C)C(=O)c3cccn(-c4ccc(F)cc4)c3=O)cc2F)CCO1. The number of ketones is 1. The van der Waals surface area contributed by atoms with Gasteiger partial charge in [0.15, 0.2) is 23.1 Å². The molecule has 10 heteroatoms. The van der Waals surface area contributed by atoms with Gasteiger partial charge in [0.25, 0.3) is 5.56 Å². The number of carbonyl (C=O) groups excluding carboxylic acids is 1. The number of nitrogens with one attached hydrogen (secondary N) is 1. The maximum atomic E-state index is 15.5. The van der Waals surface area contributed by atoms with Crippen LogP contribution in [0.5, 0.6) is 11.5 Å². The molecule has 6 rings (SSSR count). The van der Waals surface area contributed by atoms with Crippen molar-refractivity contribution in [2.75, 3.05) is 24.6 Å². The fraction of sp³-hybridized carbons (Fsp3) is 0.219. The first kappa shape index (κ1) is 27.3. The Morgan fingerprint density at radius 1 is 1.10 bits per heavy atom. The first-order chi connectivity index (χ1) is 20.3. The van der Waals surface area contributed by atoms with E-state index in [1.807, 2.05) is 19.1 Å². The fourth-order valence-electron chi connectivity index (χ4n) is 5.18. The number of aromatic nitrogens is 3. The van der Waals surface area contributed by atoms with Gasteiger partial charge in [0, 0.05) is 36.3 Å². The van der Waals surface area contributed by atoms with Gasteiger partial charge in [-0.3, -0.25) is 19.3 Å². The van der Waals surface area contributed by atoms with E-state index >= 15 is 4.39 Å². The zero-order chi connectivity index (χ0) is 29.4. The summed E-state index contributed by atoms with van der Waals surface area (Å²) in [6.07, 6.45) is 3.22. The van der Waals surface area contributed by atoms with E-state index in [2.05, 4.69) is 15.1 Å². The lowest BCUT2D eigenvalue weighted by Gasteiger charge is -2.33. The summed E-state index contributed by atoms with van der Waals surface area (Å²) in [6.45, 7) is 5.49. The van der Waals surface area contributed by atoms with Crippen LogP contribution in [0.1, 0.15) is 35.7 Å². The molecule has 0 spiro atoms. The van der Waals surface area contributed by atoms with Crippen molar-refractivity contribution in [3.63, 3.8) is 0 Å². The fourth-order valence-corrected chi connectivity index (χ4v) is 5.18. The topological polar surface area (TPSA) is 89.5 Å². The largest absolute Gasteiger partial charge is 0.452 e. The molecule has 0 saturated carbocycles. The number of anilines is 1. The van der Waals surface area contributed by atoms with Gasteiger partial charge >= 0.3 is 0 Å². The van der Waals surface area contributed by atoms with Crippen LogP contribution in [0.2, 0.25) is 0 Å². The number of ether oxygens (including phenoxy) is 2. The Morgan fingerprint density at radius 2 is 1.90 bits per heavy atom. The van der Waals surface area contributed by atoms with Gasteiger partial charge in [-0.15, -0.1) is 0 Å². The van der Waals surface area contributed by atoms with Gasteiger partial charge in [0.2, 0.25) is 0 Å². The lowest BCUT2D eigenvalue weighted by Crippen LogP contribution is -2.41. The number of benzene rings is 3. The molecule has 1 fully saturated rings. The maximum absolute atomic E-state index is 15.5. The number of morpholine rings is 1. The summed E-state index contributed by atoms with van der Waals surface area (Å²) >= 11 is 0. The van der Waals surface area contributed by atoms with E-state index in [0.717, 1.165) is 16.6 Å². The van der Waals surface area contributed by atoms with Gasteiger partial charge in [0.05, 0.1) is 35.7 Å². The van der Waals surface area contributed by atoms with Gasteiger partial charge in [-0.1, -0.05) is 13.0 Å². The molecule has 2 unspecified atom stereocenters. The molecule has 1 saturated heterocycles. The average molecular weight is 571 g/mol. The maximum Gasteiger partial charge on any atom is 0.265 e. The number of fused-ring (bicyclic) bond motifs is 1. The van der Waals surface area contributed by atoms with Gasteiger partial charge in [-0.05, 0) is 73.2 Å². The molecular weight excluding hydrogens is 542 g/mol. The predicted octanol–water partition coefficient (Wildman–Crippen LogP) is 6.00. The second-order valence-electron chi connectivity index (χ2n) is 10.4. The van der Waals surface area contributed by atoms with Crippen molar-refractivity contribution in [1.82, 2.24) is 14.8 Å². The van der Waals surface area contributed by atoms with Gasteiger partial charge < -0.3 is 14.4 Å². The molecule has 2 atom stereocenters. The lowest BCUT2D eigenvalue weighted by molar-refractivity contribution is 0.0531. The van der Waals surface area contributed by atoms with Crippen molar-refractivity contribution in [3.05, 3.63) is 112 Å². The Bertz CT molecular complexity index is 1830. The average Bonchev–Trinajstić information content (AvgIpc) is 3.45. The normalized spacial score (nSPS) is 16.0. The number of aromatic amines is 1. The number of rotatable bonds is 7. The number of H-pyrrole nitrogens is 1. The van der Waals surface area contributed by atoms with Crippen LogP contribution in [0, 0.1) is 11.6 Å². The zero-order valence-corrected chi connectivity index (χ0v) is 23.0. The second-order valence-corrected chi connectivity index (χ2v) is 10.4. The highest BCUT2D eigenvalue weighted by Crippen LogP contribution is 2.38. The van der Waals surface area contributed by atoms with Crippen LogP contribution in [0.3, 0.4) is 0 Å². The van der Waals surface area contributed by atoms with Crippen LogP contribution in [-0.4, -0.2) is 46.3 Å².